The summed E-state index contributed by atoms with van der Waals surface area (Å²) < 4.78 is 0. The van der Waals surface area contributed by atoms with E-state index in [0.29, 0.717) is 0 Å². The summed E-state index contributed by atoms with van der Waals surface area (Å²) in [7, 11) is 0. The molecule has 0 radical (unpaired) electrons. The van der Waals surface area contributed by atoms with Gasteiger partial charge < -0.3 is 4.79 Å². The first-order valence-corrected chi connectivity index (χ1v) is 5.50. The molecule has 0 aliphatic rings. The summed E-state index contributed by atoms with van der Waals surface area (Å²) in [5.41, 5.74) is 3.24. The van der Waals surface area contributed by atoms with Gasteiger partial charge in [-0.25, -0.2) is 0 Å². The Bertz CT molecular complexity index is 519. The molecular formula is C14H15NO. The Morgan fingerprint density at radius 2 is 2.12 bits per heavy atom. The quantitative estimate of drug-likeness (QED) is 0.734. The molecule has 2 aromatic rings. The topological polar surface area (TPSA) is 30.0 Å². The molecule has 0 saturated heterocycles. The molecule has 0 N–H and O–H groups in total. The van der Waals surface area contributed by atoms with Crippen molar-refractivity contribution in [2.75, 3.05) is 0 Å². The van der Waals surface area contributed by atoms with Crippen LogP contribution in [-0.2, 0) is 11.2 Å². The van der Waals surface area contributed by atoms with Gasteiger partial charge in [-0.2, -0.15) is 0 Å². The molecule has 0 fully saturated rings. The minimum atomic E-state index is 0.0795. The van der Waals surface area contributed by atoms with E-state index in [2.05, 4.69) is 23.2 Å². The van der Waals surface area contributed by atoms with E-state index in [1.807, 2.05) is 26.0 Å². The van der Waals surface area contributed by atoms with E-state index in [0.717, 1.165) is 29.3 Å². The molecule has 0 aliphatic carbocycles. The molecular weight excluding hydrogens is 198 g/mol. The Kier molecular flexibility index (Phi) is 3.00. The molecule has 0 saturated carbocycles. The van der Waals surface area contributed by atoms with Crippen LogP contribution in [0.25, 0.3) is 10.9 Å². The molecule has 0 spiro atoms. The summed E-state index contributed by atoms with van der Waals surface area (Å²) in [4.78, 5) is 15.1. The molecule has 0 bridgehead atoms. The van der Waals surface area contributed by atoms with Crippen LogP contribution in [0.2, 0.25) is 0 Å². The lowest BCUT2D eigenvalue weighted by Crippen LogP contribution is -2.00. The lowest BCUT2D eigenvalue weighted by Gasteiger charge is -2.05. The van der Waals surface area contributed by atoms with Crippen LogP contribution in [0.5, 0.6) is 0 Å². The van der Waals surface area contributed by atoms with E-state index in [1.165, 1.54) is 5.56 Å². The van der Waals surface area contributed by atoms with Gasteiger partial charge in [0.05, 0.1) is 5.52 Å². The van der Waals surface area contributed by atoms with Crippen molar-refractivity contribution < 1.29 is 4.79 Å². The summed E-state index contributed by atoms with van der Waals surface area (Å²) in [6.45, 7) is 3.92. The maximum atomic E-state index is 10.6. The zero-order chi connectivity index (χ0) is 11.5. The highest BCUT2D eigenvalue weighted by molar-refractivity contribution is 5.79. The Balaban J connectivity index is 2.36. The summed E-state index contributed by atoms with van der Waals surface area (Å²) in [6, 6.07) is 10.3. The molecule has 1 atom stereocenters. The van der Waals surface area contributed by atoms with Gasteiger partial charge in [-0.15, -0.1) is 0 Å². The van der Waals surface area contributed by atoms with E-state index >= 15 is 0 Å². The fourth-order valence-corrected chi connectivity index (χ4v) is 1.82. The second-order valence-corrected chi connectivity index (χ2v) is 4.30. The van der Waals surface area contributed by atoms with Gasteiger partial charge in [0.25, 0.3) is 0 Å². The molecule has 1 unspecified atom stereocenters. The standard InChI is InChI=1S/C14H15NO/c1-10(9-16)7-12-4-6-14-13(8-12)5-3-11(2)15-14/h3-6,8-10H,7H2,1-2H3. The third-order valence-electron chi connectivity index (χ3n) is 2.68. The summed E-state index contributed by atoms with van der Waals surface area (Å²) in [5.74, 6) is 0.0795. The number of aldehydes is 1. The van der Waals surface area contributed by atoms with Gasteiger partial charge in [0.2, 0.25) is 0 Å². The Morgan fingerprint density at radius 3 is 2.88 bits per heavy atom. The van der Waals surface area contributed by atoms with E-state index < -0.39 is 0 Å². The van der Waals surface area contributed by atoms with Crippen molar-refractivity contribution in [3.05, 3.63) is 41.6 Å². The van der Waals surface area contributed by atoms with Gasteiger partial charge in [0, 0.05) is 17.0 Å². The first-order chi connectivity index (χ1) is 7.69. The molecule has 0 aliphatic heterocycles. The first kappa shape index (κ1) is 10.8. The minimum absolute atomic E-state index is 0.0795. The van der Waals surface area contributed by atoms with Crippen molar-refractivity contribution in [2.24, 2.45) is 5.92 Å². The summed E-state index contributed by atoms with van der Waals surface area (Å²) >= 11 is 0. The van der Waals surface area contributed by atoms with E-state index in [4.69, 9.17) is 0 Å². The molecule has 1 aromatic carbocycles. The van der Waals surface area contributed by atoms with Crippen molar-refractivity contribution in [3.63, 3.8) is 0 Å². The zero-order valence-electron chi connectivity index (χ0n) is 9.60. The van der Waals surface area contributed by atoms with Crippen LogP contribution in [-0.4, -0.2) is 11.3 Å². The fourth-order valence-electron chi connectivity index (χ4n) is 1.82. The van der Waals surface area contributed by atoms with Gasteiger partial charge >= 0.3 is 0 Å². The second-order valence-electron chi connectivity index (χ2n) is 4.30. The molecule has 16 heavy (non-hydrogen) atoms. The number of pyridine rings is 1. The van der Waals surface area contributed by atoms with Crippen LogP contribution >= 0.6 is 0 Å². The lowest BCUT2D eigenvalue weighted by atomic mass is 10.0. The van der Waals surface area contributed by atoms with Crippen molar-refractivity contribution in [1.29, 1.82) is 0 Å². The van der Waals surface area contributed by atoms with Crippen molar-refractivity contribution in [3.8, 4) is 0 Å². The van der Waals surface area contributed by atoms with Crippen molar-refractivity contribution in [1.82, 2.24) is 4.98 Å². The molecule has 2 heteroatoms. The number of fused-ring (bicyclic) bond motifs is 1. The van der Waals surface area contributed by atoms with Crippen molar-refractivity contribution in [2.45, 2.75) is 20.3 Å². The largest absolute Gasteiger partial charge is 0.303 e. The highest BCUT2D eigenvalue weighted by Crippen LogP contribution is 2.16. The second kappa shape index (κ2) is 4.44. The fraction of sp³-hybridized carbons (Fsp3) is 0.286. The average molecular weight is 213 g/mol. The number of hydrogen-bond donors (Lipinski definition) is 0. The highest BCUT2D eigenvalue weighted by atomic mass is 16.1. The van der Waals surface area contributed by atoms with Crippen LogP contribution in [0.1, 0.15) is 18.2 Å². The molecule has 0 amide bonds. The molecule has 1 heterocycles. The third-order valence-corrected chi connectivity index (χ3v) is 2.68. The molecule has 82 valence electrons. The number of carbonyl (C=O) groups excluding carboxylic acids is 1. The van der Waals surface area contributed by atoms with Crippen LogP contribution < -0.4 is 0 Å². The smallest absolute Gasteiger partial charge is 0.123 e. The monoisotopic (exact) mass is 213 g/mol. The van der Waals surface area contributed by atoms with Gasteiger partial charge in [0.15, 0.2) is 0 Å². The first-order valence-electron chi connectivity index (χ1n) is 5.50. The average Bonchev–Trinajstić information content (AvgIpc) is 2.29. The summed E-state index contributed by atoms with van der Waals surface area (Å²) in [5, 5.41) is 1.14. The number of rotatable bonds is 3. The predicted molar refractivity (Wildman–Crippen MR) is 65.4 cm³/mol. The Labute approximate surface area is 95.3 Å². The number of carbonyl (C=O) groups is 1. The molecule has 1 aromatic heterocycles. The highest BCUT2D eigenvalue weighted by Gasteiger charge is 2.03. The SMILES string of the molecule is Cc1ccc2cc(CC(C)C=O)ccc2n1. The van der Waals surface area contributed by atoms with Gasteiger partial charge in [-0.1, -0.05) is 19.1 Å². The molecule has 2 rings (SSSR count). The number of nitrogens with zero attached hydrogens (tertiary/aromatic N) is 1. The minimum Gasteiger partial charge on any atom is -0.303 e. The van der Waals surface area contributed by atoms with Crippen LogP contribution in [0.4, 0.5) is 0 Å². The van der Waals surface area contributed by atoms with Gasteiger partial charge in [0.1, 0.15) is 6.29 Å². The maximum absolute atomic E-state index is 10.6. The number of hydrogen-bond acceptors (Lipinski definition) is 2. The maximum Gasteiger partial charge on any atom is 0.123 e. The normalized spacial score (nSPS) is 12.6. The van der Waals surface area contributed by atoms with Crippen LogP contribution in [0.3, 0.4) is 0 Å². The Hall–Kier alpha value is -1.70. The molecule has 2 nitrogen and oxygen atoms in total. The van der Waals surface area contributed by atoms with E-state index in [-0.39, 0.29) is 5.92 Å². The predicted octanol–water partition coefficient (Wildman–Crippen LogP) is 2.92. The van der Waals surface area contributed by atoms with E-state index in [9.17, 15) is 4.79 Å². The Morgan fingerprint density at radius 1 is 1.31 bits per heavy atom. The van der Waals surface area contributed by atoms with E-state index in [1.54, 1.807) is 0 Å². The van der Waals surface area contributed by atoms with Gasteiger partial charge in [-0.3, -0.25) is 4.98 Å². The number of aryl methyl sites for hydroxylation is 1. The van der Waals surface area contributed by atoms with Crippen molar-refractivity contribution >= 4 is 17.2 Å². The van der Waals surface area contributed by atoms with Gasteiger partial charge in [-0.05, 0) is 37.1 Å². The van der Waals surface area contributed by atoms with Crippen LogP contribution in [0.15, 0.2) is 30.3 Å². The zero-order valence-corrected chi connectivity index (χ0v) is 9.60. The number of benzene rings is 1. The third kappa shape index (κ3) is 2.27. The number of aromatic nitrogens is 1. The lowest BCUT2D eigenvalue weighted by molar-refractivity contribution is -0.110. The van der Waals surface area contributed by atoms with Crippen LogP contribution in [0, 0.1) is 12.8 Å². The summed E-state index contributed by atoms with van der Waals surface area (Å²) in [6.07, 6.45) is 1.80.